The molecule has 7 heteroatoms. The SMILES string of the molecule is CCOC(=O)c1c(Br)cnc(CN)c1C(F)F. The molecular weight excluding hydrogens is 298 g/mol. The predicted molar refractivity (Wildman–Crippen MR) is 60.7 cm³/mol. The van der Waals surface area contributed by atoms with Gasteiger partial charge in [-0.25, -0.2) is 13.6 Å². The van der Waals surface area contributed by atoms with E-state index in [1.165, 1.54) is 6.20 Å². The first-order valence-electron chi connectivity index (χ1n) is 4.85. The van der Waals surface area contributed by atoms with Crippen molar-refractivity contribution in [2.24, 2.45) is 5.73 Å². The van der Waals surface area contributed by atoms with Crippen LogP contribution >= 0.6 is 15.9 Å². The van der Waals surface area contributed by atoms with Crippen LogP contribution in [0.4, 0.5) is 8.78 Å². The first-order valence-corrected chi connectivity index (χ1v) is 5.64. The summed E-state index contributed by atoms with van der Waals surface area (Å²) in [4.78, 5) is 15.4. The number of rotatable bonds is 4. The van der Waals surface area contributed by atoms with Crippen molar-refractivity contribution in [1.82, 2.24) is 4.98 Å². The van der Waals surface area contributed by atoms with E-state index in [-0.39, 0.29) is 28.9 Å². The van der Waals surface area contributed by atoms with Gasteiger partial charge in [-0.2, -0.15) is 0 Å². The van der Waals surface area contributed by atoms with Crippen LogP contribution < -0.4 is 5.73 Å². The molecule has 2 N–H and O–H groups in total. The molecule has 0 radical (unpaired) electrons. The Morgan fingerprint density at radius 3 is 2.76 bits per heavy atom. The smallest absolute Gasteiger partial charge is 0.339 e. The maximum absolute atomic E-state index is 12.9. The van der Waals surface area contributed by atoms with Crippen LogP contribution in [0.5, 0.6) is 0 Å². The molecule has 17 heavy (non-hydrogen) atoms. The number of nitrogens with zero attached hydrogens (tertiary/aromatic N) is 1. The Balaban J connectivity index is 3.38. The summed E-state index contributed by atoms with van der Waals surface area (Å²) in [5.74, 6) is -0.813. The van der Waals surface area contributed by atoms with Gasteiger partial charge in [0.1, 0.15) is 0 Å². The van der Waals surface area contributed by atoms with E-state index in [2.05, 4.69) is 20.9 Å². The summed E-state index contributed by atoms with van der Waals surface area (Å²) < 4.78 is 30.8. The quantitative estimate of drug-likeness (QED) is 0.868. The van der Waals surface area contributed by atoms with Crippen molar-refractivity contribution in [3.05, 3.63) is 27.5 Å². The topological polar surface area (TPSA) is 65.2 Å². The van der Waals surface area contributed by atoms with Crippen molar-refractivity contribution in [1.29, 1.82) is 0 Å². The lowest BCUT2D eigenvalue weighted by atomic mass is 10.1. The molecule has 0 saturated carbocycles. The first-order chi connectivity index (χ1) is 8.02. The Hall–Kier alpha value is -1.08. The number of aromatic nitrogens is 1. The van der Waals surface area contributed by atoms with E-state index >= 15 is 0 Å². The molecule has 0 amide bonds. The lowest BCUT2D eigenvalue weighted by molar-refractivity contribution is 0.0513. The molecule has 4 nitrogen and oxygen atoms in total. The molecule has 0 fully saturated rings. The summed E-state index contributed by atoms with van der Waals surface area (Å²) in [6.45, 7) is 1.53. The number of halogens is 3. The van der Waals surface area contributed by atoms with Crippen LogP contribution in [-0.4, -0.2) is 17.6 Å². The van der Waals surface area contributed by atoms with Crippen LogP contribution in [0.1, 0.15) is 35.0 Å². The third kappa shape index (κ3) is 2.98. The minimum atomic E-state index is -2.84. The number of alkyl halides is 2. The molecule has 1 heterocycles. The van der Waals surface area contributed by atoms with E-state index in [9.17, 15) is 13.6 Å². The zero-order valence-electron chi connectivity index (χ0n) is 9.04. The summed E-state index contributed by atoms with van der Waals surface area (Å²) in [6, 6.07) is 0. The predicted octanol–water partition coefficient (Wildman–Crippen LogP) is 2.42. The van der Waals surface area contributed by atoms with Crippen molar-refractivity contribution < 1.29 is 18.3 Å². The molecule has 0 unspecified atom stereocenters. The van der Waals surface area contributed by atoms with Crippen molar-refractivity contribution in [3.8, 4) is 0 Å². The van der Waals surface area contributed by atoms with Crippen molar-refractivity contribution in [2.75, 3.05) is 6.61 Å². The monoisotopic (exact) mass is 308 g/mol. The van der Waals surface area contributed by atoms with Crippen molar-refractivity contribution in [2.45, 2.75) is 19.9 Å². The van der Waals surface area contributed by atoms with Crippen LogP contribution in [0.2, 0.25) is 0 Å². The summed E-state index contributed by atoms with van der Waals surface area (Å²) >= 11 is 3.01. The lowest BCUT2D eigenvalue weighted by Crippen LogP contribution is -2.15. The maximum Gasteiger partial charge on any atom is 0.339 e. The van der Waals surface area contributed by atoms with Gasteiger partial charge in [-0.15, -0.1) is 0 Å². The van der Waals surface area contributed by atoms with Gasteiger partial charge in [0.15, 0.2) is 0 Å². The highest BCUT2D eigenvalue weighted by molar-refractivity contribution is 9.10. The summed E-state index contributed by atoms with van der Waals surface area (Å²) in [6.07, 6.45) is -1.57. The molecule has 0 aliphatic heterocycles. The van der Waals surface area contributed by atoms with E-state index < -0.39 is 18.0 Å². The van der Waals surface area contributed by atoms with Gasteiger partial charge in [-0.1, -0.05) is 0 Å². The second-order valence-electron chi connectivity index (χ2n) is 3.07. The molecule has 0 spiro atoms. The third-order valence-electron chi connectivity index (χ3n) is 2.04. The molecule has 0 aromatic carbocycles. The number of pyridine rings is 1. The van der Waals surface area contributed by atoms with Gasteiger partial charge in [-0.3, -0.25) is 4.98 Å². The normalized spacial score (nSPS) is 10.7. The number of hydrogen-bond donors (Lipinski definition) is 1. The van der Waals surface area contributed by atoms with Crippen LogP contribution in [0.25, 0.3) is 0 Å². The largest absolute Gasteiger partial charge is 0.462 e. The Morgan fingerprint density at radius 1 is 1.65 bits per heavy atom. The molecule has 1 aromatic rings. The van der Waals surface area contributed by atoms with Gasteiger partial charge in [0.2, 0.25) is 0 Å². The highest BCUT2D eigenvalue weighted by Gasteiger charge is 2.26. The zero-order valence-corrected chi connectivity index (χ0v) is 10.6. The van der Waals surface area contributed by atoms with Gasteiger partial charge in [0.05, 0.1) is 27.9 Å². The molecule has 94 valence electrons. The third-order valence-corrected chi connectivity index (χ3v) is 2.65. The maximum atomic E-state index is 12.9. The standard InChI is InChI=1S/C10H11BrF2N2O2/c1-2-17-10(16)7-5(11)4-15-6(3-14)8(7)9(12)13/h4,9H,2-3,14H2,1H3. The number of carbonyl (C=O) groups is 1. The van der Waals surface area contributed by atoms with E-state index in [1.807, 2.05) is 0 Å². The Labute approximate surface area is 105 Å². The Kier molecular flexibility index (Phi) is 4.95. The van der Waals surface area contributed by atoms with E-state index in [4.69, 9.17) is 10.5 Å². The van der Waals surface area contributed by atoms with E-state index in [0.717, 1.165) is 0 Å². The average Bonchev–Trinajstić information content (AvgIpc) is 2.28. The first kappa shape index (κ1) is 14.0. The number of nitrogens with two attached hydrogens (primary N) is 1. The summed E-state index contributed by atoms with van der Waals surface area (Å²) in [5, 5.41) is 0. The fraction of sp³-hybridized carbons (Fsp3) is 0.400. The highest BCUT2D eigenvalue weighted by Crippen LogP contribution is 2.31. The van der Waals surface area contributed by atoms with Crippen LogP contribution in [0, 0.1) is 0 Å². The van der Waals surface area contributed by atoms with Crippen LogP contribution in [-0.2, 0) is 11.3 Å². The number of carbonyl (C=O) groups excluding carboxylic acids is 1. The van der Waals surface area contributed by atoms with Gasteiger partial charge in [-0.05, 0) is 22.9 Å². The Bertz CT molecular complexity index is 427. The summed E-state index contributed by atoms with van der Waals surface area (Å²) in [7, 11) is 0. The lowest BCUT2D eigenvalue weighted by Gasteiger charge is -2.13. The van der Waals surface area contributed by atoms with E-state index in [1.54, 1.807) is 6.92 Å². The zero-order chi connectivity index (χ0) is 13.0. The molecule has 0 atom stereocenters. The molecule has 1 rings (SSSR count). The number of hydrogen-bond acceptors (Lipinski definition) is 4. The minimum absolute atomic E-state index is 0.00810. The van der Waals surface area contributed by atoms with E-state index in [0.29, 0.717) is 0 Å². The molecule has 0 aliphatic carbocycles. The van der Waals surface area contributed by atoms with Crippen molar-refractivity contribution in [3.63, 3.8) is 0 Å². The van der Waals surface area contributed by atoms with Crippen molar-refractivity contribution >= 4 is 21.9 Å². The second kappa shape index (κ2) is 6.02. The molecule has 0 bridgehead atoms. The van der Waals surface area contributed by atoms with Crippen LogP contribution in [0.15, 0.2) is 10.7 Å². The van der Waals surface area contributed by atoms with Crippen LogP contribution in [0.3, 0.4) is 0 Å². The number of ether oxygens (including phenoxy) is 1. The molecule has 1 aromatic heterocycles. The highest BCUT2D eigenvalue weighted by atomic mass is 79.9. The van der Waals surface area contributed by atoms with Gasteiger partial charge >= 0.3 is 5.97 Å². The van der Waals surface area contributed by atoms with Gasteiger partial charge < -0.3 is 10.5 Å². The minimum Gasteiger partial charge on any atom is -0.462 e. The molecule has 0 saturated heterocycles. The second-order valence-corrected chi connectivity index (χ2v) is 3.92. The number of esters is 1. The fourth-order valence-electron chi connectivity index (χ4n) is 1.35. The average molecular weight is 309 g/mol. The van der Waals surface area contributed by atoms with Gasteiger partial charge in [0.25, 0.3) is 6.43 Å². The molecule has 0 aliphatic rings. The summed E-state index contributed by atoms with van der Waals surface area (Å²) in [5.41, 5.74) is 4.63. The van der Waals surface area contributed by atoms with Gasteiger partial charge in [0, 0.05) is 12.7 Å². The fourth-order valence-corrected chi connectivity index (χ4v) is 1.83. The molecular formula is C10H11BrF2N2O2. The Morgan fingerprint density at radius 2 is 2.29 bits per heavy atom.